The molecule has 1 aromatic rings. The zero-order chi connectivity index (χ0) is 17.6. The number of quaternary nitrogens is 1. The van der Waals surface area contributed by atoms with Crippen molar-refractivity contribution in [2.24, 2.45) is 0 Å². The molecule has 0 aliphatic carbocycles. The summed E-state index contributed by atoms with van der Waals surface area (Å²) in [6, 6.07) is 0. The Morgan fingerprint density at radius 3 is 2.75 bits per heavy atom. The van der Waals surface area contributed by atoms with Gasteiger partial charge in [-0.2, -0.15) is 0 Å². The number of fused-ring (bicyclic) bond motifs is 1. The molecule has 0 fully saturated rings. The Kier molecular flexibility index (Phi) is 6.88. The highest BCUT2D eigenvalue weighted by molar-refractivity contribution is 7.85. The average Bonchev–Trinajstić information content (AvgIpc) is 2.92. The van der Waals surface area contributed by atoms with Crippen LogP contribution >= 0.6 is 11.3 Å². The van der Waals surface area contributed by atoms with Crippen LogP contribution in [0.1, 0.15) is 12.8 Å². The second kappa shape index (κ2) is 8.48. The molecule has 0 saturated carbocycles. The second-order valence-corrected chi connectivity index (χ2v) is 8.85. The van der Waals surface area contributed by atoms with Gasteiger partial charge in [0.15, 0.2) is 17.6 Å². The van der Waals surface area contributed by atoms with Crippen molar-refractivity contribution in [2.45, 2.75) is 18.9 Å². The summed E-state index contributed by atoms with van der Waals surface area (Å²) in [5.41, 5.74) is 0. The van der Waals surface area contributed by atoms with E-state index in [1.807, 2.05) is 24.9 Å². The Labute approximate surface area is 147 Å². The molecule has 1 aromatic heterocycles. The fourth-order valence-electron chi connectivity index (χ4n) is 2.53. The summed E-state index contributed by atoms with van der Waals surface area (Å²) < 4.78 is 49.6. The fraction of sp³-hybridized carbons (Fsp3) is 0.733. The molecule has 0 N–H and O–H groups in total. The lowest BCUT2D eigenvalue weighted by molar-refractivity contribution is -0.890. The maximum Gasteiger partial charge on any atom is 0.172 e. The maximum atomic E-state index is 10.6. The summed E-state index contributed by atoms with van der Waals surface area (Å²) in [5, 5.41) is 3.84. The quantitative estimate of drug-likeness (QED) is 0.346. The van der Waals surface area contributed by atoms with Gasteiger partial charge in [0.2, 0.25) is 0 Å². The molecule has 1 aliphatic rings. The first-order chi connectivity index (χ1) is 11.3. The zero-order valence-electron chi connectivity index (χ0n) is 14.1. The largest absolute Gasteiger partial charge is 0.748 e. The highest BCUT2D eigenvalue weighted by Gasteiger charge is 2.22. The molecule has 0 bridgehead atoms. The number of ether oxygens (including phenoxy) is 3. The lowest BCUT2D eigenvalue weighted by Gasteiger charge is -2.30. The molecule has 2 heterocycles. The molecule has 1 unspecified atom stereocenters. The van der Waals surface area contributed by atoms with Gasteiger partial charge in [0.25, 0.3) is 0 Å². The summed E-state index contributed by atoms with van der Waals surface area (Å²) in [7, 11) is -0.0719. The smallest absolute Gasteiger partial charge is 0.172 e. The summed E-state index contributed by atoms with van der Waals surface area (Å²) in [4.78, 5) is 0. The third-order valence-electron chi connectivity index (χ3n) is 3.83. The van der Waals surface area contributed by atoms with Gasteiger partial charge in [0.1, 0.15) is 6.61 Å². The molecule has 0 spiro atoms. The zero-order valence-corrected chi connectivity index (χ0v) is 15.7. The molecule has 0 saturated heterocycles. The molecular weight excluding hydrogens is 354 g/mol. The van der Waals surface area contributed by atoms with Crippen LogP contribution in [0.2, 0.25) is 0 Å². The lowest BCUT2D eigenvalue weighted by atomic mass is 10.3. The molecular formula is C15H25NO6S2. The van der Waals surface area contributed by atoms with E-state index in [1.165, 1.54) is 0 Å². The van der Waals surface area contributed by atoms with E-state index >= 15 is 0 Å². The lowest BCUT2D eigenvalue weighted by Crippen LogP contribution is -2.42. The van der Waals surface area contributed by atoms with Crippen molar-refractivity contribution < 1.29 is 31.7 Å². The van der Waals surface area contributed by atoms with E-state index in [1.54, 1.807) is 11.3 Å². The van der Waals surface area contributed by atoms with Crippen molar-refractivity contribution in [1.82, 2.24) is 0 Å². The standard InChI is InChI=1S/C15H25NO6S2/c1-16(2,6-4-8-24(17,18)19)5-3-7-20-9-13-10-21-14-11-23-12-15(14)22-13/h11-13H,3-10H2,1-2H3. The molecule has 138 valence electrons. The minimum Gasteiger partial charge on any atom is -0.748 e. The first-order valence-electron chi connectivity index (χ1n) is 7.94. The minimum atomic E-state index is -4.11. The van der Waals surface area contributed by atoms with E-state index in [0.717, 1.165) is 24.5 Å². The topological polar surface area (TPSA) is 84.9 Å². The van der Waals surface area contributed by atoms with Gasteiger partial charge < -0.3 is 23.2 Å². The molecule has 24 heavy (non-hydrogen) atoms. The van der Waals surface area contributed by atoms with Crippen molar-refractivity contribution >= 4 is 21.5 Å². The normalized spacial score (nSPS) is 17.9. The van der Waals surface area contributed by atoms with Gasteiger partial charge in [-0.25, -0.2) is 8.42 Å². The van der Waals surface area contributed by atoms with Crippen LogP contribution in [0.15, 0.2) is 10.8 Å². The van der Waals surface area contributed by atoms with E-state index in [2.05, 4.69) is 0 Å². The summed E-state index contributed by atoms with van der Waals surface area (Å²) >= 11 is 1.55. The van der Waals surface area contributed by atoms with E-state index in [-0.39, 0.29) is 11.9 Å². The third-order valence-corrected chi connectivity index (χ3v) is 5.31. The Balaban J connectivity index is 1.56. The maximum absolute atomic E-state index is 10.6. The number of hydrogen-bond acceptors (Lipinski definition) is 7. The highest BCUT2D eigenvalue weighted by atomic mass is 32.2. The van der Waals surface area contributed by atoms with Crippen LogP contribution in [0.4, 0.5) is 0 Å². The van der Waals surface area contributed by atoms with Crippen LogP contribution in [-0.2, 0) is 14.9 Å². The van der Waals surface area contributed by atoms with Gasteiger partial charge in [0.05, 0.1) is 50.5 Å². The van der Waals surface area contributed by atoms with Gasteiger partial charge in [-0.15, -0.1) is 11.3 Å². The van der Waals surface area contributed by atoms with E-state index < -0.39 is 10.1 Å². The van der Waals surface area contributed by atoms with E-state index in [4.69, 9.17) is 14.2 Å². The van der Waals surface area contributed by atoms with Crippen LogP contribution in [0, 0.1) is 0 Å². The molecule has 7 nitrogen and oxygen atoms in total. The molecule has 2 rings (SSSR count). The summed E-state index contributed by atoms with van der Waals surface area (Å²) in [6.45, 7) is 3.10. The van der Waals surface area contributed by atoms with Crippen LogP contribution in [0.3, 0.4) is 0 Å². The van der Waals surface area contributed by atoms with Gasteiger partial charge in [-0.05, 0) is 0 Å². The minimum absolute atomic E-state index is 0.0862. The molecule has 0 aromatic carbocycles. The second-order valence-electron chi connectivity index (χ2n) is 6.58. The fourth-order valence-corrected chi connectivity index (χ4v) is 3.69. The number of nitrogens with zero attached hydrogens (tertiary/aromatic N) is 1. The van der Waals surface area contributed by atoms with Crippen LogP contribution in [0.25, 0.3) is 0 Å². The van der Waals surface area contributed by atoms with E-state index in [0.29, 0.717) is 37.3 Å². The van der Waals surface area contributed by atoms with Crippen LogP contribution in [-0.4, -0.2) is 76.3 Å². The number of hydrogen-bond donors (Lipinski definition) is 0. The van der Waals surface area contributed by atoms with Gasteiger partial charge >= 0.3 is 0 Å². The Morgan fingerprint density at radius 1 is 1.29 bits per heavy atom. The van der Waals surface area contributed by atoms with Crippen molar-refractivity contribution in [1.29, 1.82) is 0 Å². The predicted octanol–water partition coefficient (Wildman–Crippen LogP) is 1.31. The van der Waals surface area contributed by atoms with E-state index in [9.17, 15) is 13.0 Å². The molecule has 1 aliphatic heterocycles. The third kappa shape index (κ3) is 6.94. The van der Waals surface area contributed by atoms with Gasteiger partial charge in [-0.3, -0.25) is 0 Å². The number of thiophene rings is 1. The van der Waals surface area contributed by atoms with Crippen molar-refractivity contribution in [2.75, 3.05) is 52.8 Å². The highest BCUT2D eigenvalue weighted by Crippen LogP contribution is 2.35. The summed E-state index contributed by atoms with van der Waals surface area (Å²) in [6.07, 6.45) is 1.15. The molecule has 9 heteroatoms. The molecule has 0 amide bonds. The number of rotatable bonds is 10. The monoisotopic (exact) mass is 379 g/mol. The Bertz CT molecular complexity index is 613. The van der Waals surface area contributed by atoms with Crippen LogP contribution < -0.4 is 9.47 Å². The molecule has 1 atom stereocenters. The summed E-state index contributed by atoms with van der Waals surface area (Å²) in [5.74, 6) is 1.29. The first-order valence-corrected chi connectivity index (χ1v) is 10.5. The molecule has 0 radical (unpaired) electrons. The van der Waals surface area contributed by atoms with Crippen LogP contribution in [0.5, 0.6) is 11.5 Å². The first kappa shape index (κ1) is 19.5. The van der Waals surface area contributed by atoms with Gasteiger partial charge in [-0.1, -0.05) is 0 Å². The van der Waals surface area contributed by atoms with Crippen molar-refractivity contribution in [3.63, 3.8) is 0 Å². The predicted molar refractivity (Wildman–Crippen MR) is 90.7 cm³/mol. The SMILES string of the molecule is C[N+](C)(CCCOCC1COc2cscc2O1)CCCS(=O)(=O)[O-]. The average molecular weight is 380 g/mol. The van der Waals surface area contributed by atoms with Crippen molar-refractivity contribution in [3.05, 3.63) is 10.8 Å². The van der Waals surface area contributed by atoms with Gasteiger partial charge in [0, 0.05) is 29.4 Å². The Morgan fingerprint density at radius 2 is 2.00 bits per heavy atom. The Hall–Kier alpha value is -0.870. The van der Waals surface area contributed by atoms with Crippen molar-refractivity contribution in [3.8, 4) is 11.5 Å².